The summed E-state index contributed by atoms with van der Waals surface area (Å²) >= 11 is 12.4. The highest BCUT2D eigenvalue weighted by atomic mass is 35.5. The first-order chi connectivity index (χ1) is 18.5. The average Bonchev–Trinajstić information content (AvgIpc) is 3.43. The van der Waals surface area contributed by atoms with Crippen LogP contribution in [0.2, 0.25) is 10.0 Å². The largest absolute Gasteiger partial charge is 0.505 e. The van der Waals surface area contributed by atoms with Gasteiger partial charge in [0.05, 0.1) is 23.8 Å². The van der Waals surface area contributed by atoms with Gasteiger partial charge in [0.1, 0.15) is 22.8 Å². The van der Waals surface area contributed by atoms with Crippen molar-refractivity contribution in [3.8, 4) is 0 Å². The maximum absolute atomic E-state index is 13.7. The Labute approximate surface area is 236 Å². The second-order valence-electron chi connectivity index (χ2n) is 8.80. The van der Waals surface area contributed by atoms with Crippen molar-refractivity contribution in [2.75, 3.05) is 6.61 Å². The Morgan fingerprint density at radius 2 is 1.79 bits per heavy atom. The molecule has 0 atom stereocenters. The number of furan rings is 1. The molecule has 0 fully saturated rings. The van der Waals surface area contributed by atoms with Crippen LogP contribution in [0.25, 0.3) is 6.08 Å². The van der Waals surface area contributed by atoms with Gasteiger partial charge in [-0.3, -0.25) is 0 Å². The molecule has 0 saturated heterocycles. The number of hydrogen-bond donors (Lipinski definition) is 1. The van der Waals surface area contributed by atoms with Crippen LogP contribution in [0.5, 0.6) is 0 Å². The number of sulfonamides is 1. The summed E-state index contributed by atoms with van der Waals surface area (Å²) in [5.41, 5.74) is 1.94. The van der Waals surface area contributed by atoms with Gasteiger partial charge in [-0.2, -0.15) is 4.31 Å². The Hall–Kier alpha value is -3.37. The minimum atomic E-state index is -3.95. The Balaban J connectivity index is 1.65. The maximum Gasteiger partial charge on any atom is 0.343 e. The van der Waals surface area contributed by atoms with Crippen LogP contribution < -0.4 is 0 Å². The van der Waals surface area contributed by atoms with Crippen LogP contribution in [0.15, 0.2) is 85.9 Å². The molecule has 1 aromatic heterocycles. The Morgan fingerprint density at radius 1 is 1.08 bits per heavy atom. The molecule has 0 unspecified atom stereocenters. The number of aliphatic hydroxyl groups is 1. The van der Waals surface area contributed by atoms with E-state index < -0.39 is 16.0 Å². The number of nitrogens with zero attached hydrogens (tertiary/aromatic N) is 2. The van der Waals surface area contributed by atoms with Crippen LogP contribution in [-0.4, -0.2) is 36.1 Å². The van der Waals surface area contributed by atoms with Gasteiger partial charge in [0.15, 0.2) is 5.76 Å². The molecule has 3 aromatic rings. The smallest absolute Gasteiger partial charge is 0.343 e. The summed E-state index contributed by atoms with van der Waals surface area (Å²) in [4.78, 5) is 16.5. The molecule has 0 amide bonds. The first-order valence-corrected chi connectivity index (χ1v) is 14.2. The molecule has 0 aliphatic carbocycles. The number of hydrogen-bond acceptors (Lipinski definition) is 7. The molecule has 2 aromatic carbocycles. The van der Waals surface area contributed by atoms with Gasteiger partial charge in [-0.05, 0) is 62.7 Å². The fourth-order valence-electron chi connectivity index (χ4n) is 3.93. The summed E-state index contributed by atoms with van der Waals surface area (Å²) in [7, 11) is -3.95. The van der Waals surface area contributed by atoms with Gasteiger partial charge < -0.3 is 14.3 Å². The number of benzene rings is 2. The highest BCUT2D eigenvalue weighted by Gasteiger charge is 2.29. The quantitative estimate of drug-likeness (QED) is 0.286. The first kappa shape index (κ1) is 28.6. The summed E-state index contributed by atoms with van der Waals surface area (Å²) < 4.78 is 39.4. The van der Waals surface area contributed by atoms with Gasteiger partial charge in [0.2, 0.25) is 10.0 Å². The normalized spacial score (nSPS) is 14.8. The molecule has 11 heteroatoms. The van der Waals surface area contributed by atoms with E-state index in [1.165, 1.54) is 10.4 Å². The minimum absolute atomic E-state index is 0.00918. The average molecular weight is 589 g/mol. The topological polar surface area (TPSA) is 109 Å². The number of aryl methyl sites for hydroxylation is 1. The SMILES string of the molecule is CCOC(=O)C1=C(O)/C(=C\c2ccc(CN(Cc3ccc(Cl)cc3Cl)S(=O)(=O)c3ccc(C)cc3)o2)N=C1C. The lowest BCUT2D eigenvalue weighted by atomic mass is 10.1. The summed E-state index contributed by atoms with van der Waals surface area (Å²) in [6.45, 7) is 5.16. The van der Waals surface area contributed by atoms with Crippen LogP contribution in [0.1, 0.15) is 36.5 Å². The molecule has 1 N–H and O–H groups in total. The summed E-state index contributed by atoms with van der Waals surface area (Å²) in [5.74, 6) is -0.330. The zero-order valence-corrected chi connectivity index (χ0v) is 23.8. The molecule has 1 aliphatic rings. The van der Waals surface area contributed by atoms with E-state index in [1.54, 1.807) is 68.4 Å². The van der Waals surface area contributed by atoms with Crippen molar-refractivity contribution in [2.45, 2.75) is 38.8 Å². The third-order valence-electron chi connectivity index (χ3n) is 5.92. The number of aliphatic hydroxyl groups excluding tert-OH is 1. The lowest BCUT2D eigenvalue weighted by molar-refractivity contribution is -0.138. The molecule has 8 nitrogen and oxygen atoms in total. The van der Waals surface area contributed by atoms with Crippen LogP contribution in [-0.2, 0) is 32.6 Å². The summed E-state index contributed by atoms with van der Waals surface area (Å²) in [5, 5.41) is 11.3. The van der Waals surface area contributed by atoms with Crippen molar-refractivity contribution in [2.24, 2.45) is 4.99 Å². The van der Waals surface area contributed by atoms with Gasteiger partial charge in [-0.25, -0.2) is 18.2 Å². The fourth-order valence-corrected chi connectivity index (χ4v) is 5.78. The van der Waals surface area contributed by atoms with Gasteiger partial charge in [-0.15, -0.1) is 0 Å². The van der Waals surface area contributed by atoms with E-state index >= 15 is 0 Å². The first-order valence-electron chi connectivity index (χ1n) is 12.0. The number of carbonyl (C=O) groups is 1. The van der Waals surface area contributed by atoms with E-state index in [9.17, 15) is 18.3 Å². The Kier molecular flexibility index (Phi) is 8.66. The zero-order chi connectivity index (χ0) is 28.3. The molecule has 0 radical (unpaired) electrons. The van der Waals surface area contributed by atoms with E-state index in [0.717, 1.165) is 5.56 Å². The molecule has 204 valence electrons. The summed E-state index contributed by atoms with van der Waals surface area (Å²) in [6.07, 6.45) is 1.46. The molecule has 39 heavy (non-hydrogen) atoms. The number of halogens is 2. The van der Waals surface area contributed by atoms with E-state index in [1.807, 2.05) is 6.92 Å². The van der Waals surface area contributed by atoms with Gasteiger partial charge in [0, 0.05) is 22.7 Å². The van der Waals surface area contributed by atoms with Crippen molar-refractivity contribution in [1.82, 2.24) is 4.31 Å². The predicted octanol–water partition coefficient (Wildman–Crippen LogP) is 6.48. The van der Waals surface area contributed by atoms with Crippen LogP contribution >= 0.6 is 23.2 Å². The second-order valence-corrected chi connectivity index (χ2v) is 11.6. The monoisotopic (exact) mass is 588 g/mol. The van der Waals surface area contributed by atoms with Crippen molar-refractivity contribution in [3.05, 3.63) is 104 Å². The fraction of sp³-hybridized carbons (Fsp3) is 0.214. The second kappa shape index (κ2) is 11.8. The van der Waals surface area contributed by atoms with E-state index in [2.05, 4.69) is 4.99 Å². The zero-order valence-electron chi connectivity index (χ0n) is 21.4. The molecule has 0 spiro atoms. The minimum Gasteiger partial charge on any atom is -0.505 e. The van der Waals surface area contributed by atoms with E-state index in [4.69, 9.17) is 32.4 Å². The van der Waals surface area contributed by atoms with E-state index in [-0.39, 0.29) is 41.6 Å². The Morgan fingerprint density at radius 3 is 2.46 bits per heavy atom. The molecule has 2 heterocycles. The standard InChI is InChI=1S/C28H26Cl2N2O6S/c1-4-37-28(34)26-18(3)31-25(27(26)33)14-21-9-10-22(38-21)16-32(15-19-7-8-20(29)13-24(19)30)39(35,36)23-11-5-17(2)6-12-23/h5-14,33H,4,15-16H2,1-3H3/b25-14+. The van der Waals surface area contributed by atoms with Crippen LogP contribution in [0.3, 0.4) is 0 Å². The van der Waals surface area contributed by atoms with Gasteiger partial charge in [0.25, 0.3) is 0 Å². The number of carbonyl (C=O) groups excluding carboxylic acids is 1. The molecule has 4 rings (SSSR count). The maximum atomic E-state index is 13.7. The van der Waals surface area contributed by atoms with Crippen molar-refractivity contribution < 1.29 is 27.5 Å². The predicted molar refractivity (Wildman–Crippen MR) is 150 cm³/mol. The molecular formula is C28H26Cl2N2O6S. The van der Waals surface area contributed by atoms with Gasteiger partial charge >= 0.3 is 5.97 Å². The number of rotatable bonds is 9. The molecule has 1 aliphatic heterocycles. The lowest BCUT2D eigenvalue weighted by Gasteiger charge is -2.22. The number of aliphatic imine (C=N–C) groups is 1. The van der Waals surface area contributed by atoms with Crippen molar-refractivity contribution in [3.63, 3.8) is 0 Å². The van der Waals surface area contributed by atoms with E-state index in [0.29, 0.717) is 32.8 Å². The highest BCUT2D eigenvalue weighted by molar-refractivity contribution is 7.89. The van der Waals surface area contributed by atoms with Crippen LogP contribution in [0, 0.1) is 6.92 Å². The number of ether oxygens (including phenoxy) is 1. The lowest BCUT2D eigenvalue weighted by Crippen LogP contribution is -2.30. The van der Waals surface area contributed by atoms with Crippen LogP contribution in [0.4, 0.5) is 0 Å². The van der Waals surface area contributed by atoms with Gasteiger partial charge in [-0.1, -0.05) is 47.0 Å². The Bertz CT molecular complexity index is 1600. The third-order valence-corrected chi connectivity index (χ3v) is 8.32. The molecule has 0 saturated carbocycles. The highest BCUT2D eigenvalue weighted by Crippen LogP contribution is 2.29. The molecule has 0 bridgehead atoms. The summed E-state index contributed by atoms with van der Waals surface area (Å²) in [6, 6.07) is 14.7. The van der Waals surface area contributed by atoms with Crippen molar-refractivity contribution in [1.29, 1.82) is 0 Å². The number of esters is 1. The van der Waals surface area contributed by atoms with Crippen molar-refractivity contribution >= 4 is 51.0 Å². The third kappa shape index (κ3) is 6.45. The molecular weight excluding hydrogens is 563 g/mol.